The van der Waals surface area contributed by atoms with Crippen molar-refractivity contribution in [3.8, 4) is 0 Å². The first kappa shape index (κ1) is 15.7. The lowest BCUT2D eigenvalue weighted by molar-refractivity contribution is -0.119. The number of carbonyl (C=O) groups excluding carboxylic acids is 1. The van der Waals surface area contributed by atoms with Crippen molar-refractivity contribution in [1.82, 2.24) is 9.88 Å². The molecule has 1 amide bonds. The molecule has 4 rings (SSSR count). The summed E-state index contributed by atoms with van der Waals surface area (Å²) in [5.74, 6) is 1.03. The molecule has 0 bridgehead atoms. The number of aromatic nitrogens is 1. The summed E-state index contributed by atoms with van der Waals surface area (Å²) in [6, 6.07) is 6.27. The molecular weight excluding hydrogens is 298 g/mol. The Bertz CT molecular complexity index is 722. The van der Waals surface area contributed by atoms with Gasteiger partial charge in [0.05, 0.1) is 0 Å². The van der Waals surface area contributed by atoms with Gasteiger partial charge in [-0.1, -0.05) is 12.8 Å². The summed E-state index contributed by atoms with van der Waals surface area (Å²) in [7, 11) is 2.20. The minimum atomic E-state index is 0.197. The van der Waals surface area contributed by atoms with Crippen molar-refractivity contribution in [2.24, 2.45) is 5.92 Å². The summed E-state index contributed by atoms with van der Waals surface area (Å²) in [6.07, 6.45) is 9.05. The first-order valence-corrected chi connectivity index (χ1v) is 9.31. The predicted molar refractivity (Wildman–Crippen MR) is 98.4 cm³/mol. The molecule has 0 radical (unpaired) electrons. The third kappa shape index (κ3) is 3.07. The molecule has 4 nitrogen and oxygen atoms in total. The van der Waals surface area contributed by atoms with Crippen molar-refractivity contribution in [1.29, 1.82) is 0 Å². The molecular formula is C20H27N3O. The second-order valence-corrected chi connectivity index (χ2v) is 7.55. The maximum Gasteiger partial charge on any atom is 0.227 e. The van der Waals surface area contributed by atoms with Crippen molar-refractivity contribution >= 4 is 22.5 Å². The van der Waals surface area contributed by atoms with E-state index in [0.717, 1.165) is 31.6 Å². The molecule has 2 aliphatic rings. The minimum Gasteiger partial charge on any atom is -0.361 e. The third-order valence-corrected chi connectivity index (χ3v) is 5.87. The quantitative estimate of drug-likeness (QED) is 0.892. The van der Waals surface area contributed by atoms with Gasteiger partial charge in [-0.15, -0.1) is 0 Å². The molecule has 2 N–H and O–H groups in total. The van der Waals surface area contributed by atoms with Crippen LogP contribution >= 0.6 is 0 Å². The van der Waals surface area contributed by atoms with E-state index in [2.05, 4.69) is 40.6 Å². The van der Waals surface area contributed by atoms with Crippen LogP contribution in [0.1, 0.15) is 50.0 Å². The number of carbonyl (C=O) groups is 1. The van der Waals surface area contributed by atoms with E-state index in [1.165, 1.54) is 42.1 Å². The fraction of sp³-hybridized carbons (Fsp3) is 0.550. The molecule has 1 aliphatic carbocycles. The Morgan fingerprint density at radius 1 is 1.17 bits per heavy atom. The minimum absolute atomic E-state index is 0.197. The lowest BCUT2D eigenvalue weighted by Crippen LogP contribution is -2.29. The topological polar surface area (TPSA) is 48.1 Å². The average Bonchev–Trinajstić information content (AvgIpc) is 3.25. The Hall–Kier alpha value is -1.81. The van der Waals surface area contributed by atoms with E-state index in [9.17, 15) is 4.79 Å². The molecule has 2 heterocycles. The molecule has 4 heteroatoms. The van der Waals surface area contributed by atoms with Gasteiger partial charge < -0.3 is 15.2 Å². The number of likely N-dealkylation sites (tertiary alicyclic amines) is 1. The fourth-order valence-electron chi connectivity index (χ4n) is 4.31. The number of aromatic amines is 1. The molecule has 1 aromatic carbocycles. The second-order valence-electron chi connectivity index (χ2n) is 7.55. The molecule has 1 saturated carbocycles. The Morgan fingerprint density at radius 3 is 2.67 bits per heavy atom. The van der Waals surface area contributed by atoms with Crippen molar-refractivity contribution in [2.45, 2.75) is 44.4 Å². The van der Waals surface area contributed by atoms with Crippen LogP contribution in [0.25, 0.3) is 10.9 Å². The summed E-state index contributed by atoms with van der Waals surface area (Å²) < 4.78 is 0. The SMILES string of the molecule is CN1CCC(c2c[nH]c3ccc(NC(=O)C4CCCC4)cc23)CC1. The average molecular weight is 325 g/mol. The molecule has 1 aliphatic heterocycles. The van der Waals surface area contributed by atoms with E-state index in [0.29, 0.717) is 5.92 Å². The monoisotopic (exact) mass is 325 g/mol. The predicted octanol–water partition coefficient (Wildman–Crippen LogP) is 4.11. The Morgan fingerprint density at radius 2 is 1.92 bits per heavy atom. The number of hydrogen-bond donors (Lipinski definition) is 2. The normalized spacial score (nSPS) is 20.7. The summed E-state index contributed by atoms with van der Waals surface area (Å²) in [5, 5.41) is 4.41. The number of anilines is 1. The molecule has 128 valence electrons. The molecule has 0 unspecified atom stereocenters. The van der Waals surface area contributed by atoms with Crippen LogP contribution in [-0.2, 0) is 4.79 Å². The Balaban J connectivity index is 1.55. The number of fused-ring (bicyclic) bond motifs is 1. The molecule has 2 fully saturated rings. The zero-order chi connectivity index (χ0) is 16.5. The van der Waals surface area contributed by atoms with Gasteiger partial charge in [-0.05, 0) is 75.5 Å². The second kappa shape index (κ2) is 6.60. The highest BCUT2D eigenvalue weighted by Crippen LogP contribution is 2.34. The number of nitrogens with zero attached hydrogens (tertiary/aromatic N) is 1. The van der Waals surface area contributed by atoms with E-state index in [1.807, 2.05) is 6.07 Å². The summed E-state index contributed by atoms with van der Waals surface area (Å²) in [4.78, 5) is 18.2. The standard InChI is InChI=1S/C20H27N3O/c1-23-10-8-14(9-11-23)18-13-21-19-7-6-16(12-17(18)19)22-20(24)15-4-2-3-5-15/h6-7,12-15,21H,2-5,8-11H2,1H3,(H,22,24). The number of hydrogen-bond acceptors (Lipinski definition) is 2. The van der Waals surface area contributed by atoms with E-state index in [1.54, 1.807) is 0 Å². The van der Waals surface area contributed by atoms with Gasteiger partial charge in [-0.3, -0.25) is 4.79 Å². The van der Waals surface area contributed by atoms with Crippen molar-refractivity contribution in [2.75, 3.05) is 25.5 Å². The maximum atomic E-state index is 12.4. The van der Waals surface area contributed by atoms with Gasteiger partial charge >= 0.3 is 0 Å². The third-order valence-electron chi connectivity index (χ3n) is 5.87. The van der Waals surface area contributed by atoms with Gasteiger partial charge in [-0.2, -0.15) is 0 Å². The van der Waals surface area contributed by atoms with E-state index in [-0.39, 0.29) is 11.8 Å². The van der Waals surface area contributed by atoms with E-state index in [4.69, 9.17) is 0 Å². The van der Waals surface area contributed by atoms with Crippen LogP contribution in [0.4, 0.5) is 5.69 Å². The van der Waals surface area contributed by atoms with Crippen LogP contribution in [0.15, 0.2) is 24.4 Å². The van der Waals surface area contributed by atoms with E-state index < -0.39 is 0 Å². The number of nitrogens with one attached hydrogen (secondary N) is 2. The lowest BCUT2D eigenvalue weighted by Gasteiger charge is -2.28. The van der Waals surface area contributed by atoms with Crippen molar-refractivity contribution < 1.29 is 4.79 Å². The summed E-state index contributed by atoms with van der Waals surface area (Å²) in [5.41, 5.74) is 3.52. The van der Waals surface area contributed by atoms with E-state index >= 15 is 0 Å². The molecule has 1 saturated heterocycles. The highest BCUT2D eigenvalue weighted by Gasteiger charge is 2.24. The molecule has 0 spiro atoms. The number of rotatable bonds is 3. The number of H-pyrrole nitrogens is 1. The van der Waals surface area contributed by atoms with Gasteiger partial charge in [0.1, 0.15) is 0 Å². The van der Waals surface area contributed by atoms with Crippen LogP contribution in [0.2, 0.25) is 0 Å². The summed E-state index contributed by atoms with van der Waals surface area (Å²) in [6.45, 7) is 2.32. The highest BCUT2D eigenvalue weighted by atomic mass is 16.1. The Labute approximate surface area is 143 Å². The first-order chi connectivity index (χ1) is 11.7. The number of benzene rings is 1. The van der Waals surface area contributed by atoms with Crippen LogP contribution in [0, 0.1) is 5.92 Å². The van der Waals surface area contributed by atoms with Crippen molar-refractivity contribution in [3.63, 3.8) is 0 Å². The van der Waals surface area contributed by atoms with Crippen molar-refractivity contribution in [3.05, 3.63) is 30.0 Å². The molecule has 2 aromatic rings. The van der Waals surface area contributed by atoms with Gasteiger partial charge in [0.2, 0.25) is 5.91 Å². The lowest BCUT2D eigenvalue weighted by atomic mass is 9.89. The van der Waals surface area contributed by atoms with Crippen LogP contribution in [-0.4, -0.2) is 35.9 Å². The van der Waals surface area contributed by atoms with Gasteiger partial charge in [-0.25, -0.2) is 0 Å². The Kier molecular flexibility index (Phi) is 4.31. The van der Waals surface area contributed by atoms with Gasteiger partial charge in [0, 0.05) is 28.7 Å². The maximum absolute atomic E-state index is 12.4. The zero-order valence-electron chi connectivity index (χ0n) is 14.5. The van der Waals surface area contributed by atoms with Gasteiger partial charge in [0.15, 0.2) is 0 Å². The van der Waals surface area contributed by atoms with Gasteiger partial charge in [0.25, 0.3) is 0 Å². The smallest absolute Gasteiger partial charge is 0.227 e. The molecule has 0 atom stereocenters. The van der Waals surface area contributed by atoms with Crippen LogP contribution in [0.3, 0.4) is 0 Å². The number of amides is 1. The highest BCUT2D eigenvalue weighted by molar-refractivity contribution is 5.96. The molecule has 1 aromatic heterocycles. The molecule has 24 heavy (non-hydrogen) atoms. The van der Waals surface area contributed by atoms with Crippen LogP contribution < -0.4 is 5.32 Å². The number of piperidine rings is 1. The first-order valence-electron chi connectivity index (χ1n) is 9.31. The zero-order valence-corrected chi connectivity index (χ0v) is 14.5. The fourth-order valence-corrected chi connectivity index (χ4v) is 4.31. The van der Waals surface area contributed by atoms with Crippen LogP contribution in [0.5, 0.6) is 0 Å². The summed E-state index contributed by atoms with van der Waals surface area (Å²) >= 11 is 0. The largest absolute Gasteiger partial charge is 0.361 e.